The molecule has 0 saturated carbocycles. The fourth-order valence-electron chi connectivity index (χ4n) is 2.12. The van der Waals surface area contributed by atoms with Crippen molar-refractivity contribution in [1.29, 1.82) is 0 Å². The molecule has 2 heterocycles. The van der Waals surface area contributed by atoms with Crippen molar-refractivity contribution in [3.05, 3.63) is 35.5 Å². The van der Waals surface area contributed by atoms with Crippen LogP contribution in [0, 0.1) is 0 Å². The van der Waals surface area contributed by atoms with Crippen LogP contribution in [0.15, 0.2) is 24.3 Å². The van der Waals surface area contributed by atoms with Crippen LogP contribution < -0.4 is 5.32 Å². The van der Waals surface area contributed by atoms with Crippen LogP contribution in [0.25, 0.3) is 10.9 Å². The normalized spacial score (nSPS) is 11.8. The van der Waals surface area contributed by atoms with Gasteiger partial charge in [-0.1, -0.05) is 5.10 Å². The average molecular weight is 310 g/mol. The number of carbonyl (C=O) groups is 1. The van der Waals surface area contributed by atoms with Gasteiger partial charge in [0.1, 0.15) is 5.69 Å². The van der Waals surface area contributed by atoms with E-state index in [0.29, 0.717) is 10.9 Å². The fourth-order valence-corrected chi connectivity index (χ4v) is 2.12. The van der Waals surface area contributed by atoms with Crippen molar-refractivity contribution >= 4 is 22.8 Å². The van der Waals surface area contributed by atoms with Gasteiger partial charge in [0.05, 0.1) is 5.56 Å². The lowest BCUT2D eigenvalue weighted by molar-refractivity contribution is -0.137. The molecule has 114 valence electrons. The zero-order chi connectivity index (χ0) is 15.9. The quantitative estimate of drug-likeness (QED) is 0.757. The summed E-state index contributed by atoms with van der Waals surface area (Å²) in [5, 5.41) is 15.3. The van der Waals surface area contributed by atoms with E-state index in [0.717, 1.165) is 12.1 Å². The number of hydrogen-bond acceptors (Lipinski definition) is 4. The summed E-state index contributed by atoms with van der Waals surface area (Å²) in [4.78, 5) is 12.1. The van der Waals surface area contributed by atoms with E-state index in [1.165, 1.54) is 16.7 Å². The topological polar surface area (TPSA) is 88.5 Å². The number of halogens is 3. The van der Waals surface area contributed by atoms with Crippen molar-refractivity contribution in [3.8, 4) is 0 Å². The van der Waals surface area contributed by atoms with Gasteiger partial charge in [-0.2, -0.15) is 18.4 Å². The lowest BCUT2D eigenvalue weighted by Crippen LogP contribution is -2.16. The van der Waals surface area contributed by atoms with Gasteiger partial charge < -0.3 is 4.57 Å². The monoisotopic (exact) mass is 310 g/mol. The number of aromatic nitrogens is 5. The van der Waals surface area contributed by atoms with Gasteiger partial charge in [-0.05, 0) is 29.5 Å². The third-order valence-corrected chi connectivity index (χ3v) is 3.17. The summed E-state index contributed by atoms with van der Waals surface area (Å²) < 4.78 is 39.7. The Labute approximate surface area is 121 Å². The predicted molar refractivity (Wildman–Crippen MR) is 70.1 cm³/mol. The molecule has 7 nitrogen and oxygen atoms in total. The first-order valence-corrected chi connectivity index (χ1v) is 6.08. The van der Waals surface area contributed by atoms with E-state index in [4.69, 9.17) is 0 Å². The zero-order valence-corrected chi connectivity index (χ0v) is 11.1. The van der Waals surface area contributed by atoms with Crippen molar-refractivity contribution in [2.75, 3.05) is 5.32 Å². The van der Waals surface area contributed by atoms with E-state index in [1.807, 2.05) is 0 Å². The number of alkyl halides is 3. The standard InChI is InChI=1S/C12H9F3N6O/c1-21-8-3-2-7(12(13,14)15)4-6(8)5-9(21)10(22)16-11-17-19-20-18-11/h2-5H,1H3,(H2,16,17,18,19,20,22). The molecule has 22 heavy (non-hydrogen) atoms. The Balaban J connectivity index is 2.00. The number of aryl methyl sites for hydroxylation is 1. The minimum atomic E-state index is -4.43. The second-order valence-electron chi connectivity index (χ2n) is 4.55. The Hall–Kier alpha value is -2.91. The minimum absolute atomic E-state index is 0.0220. The Morgan fingerprint density at radius 3 is 2.73 bits per heavy atom. The van der Waals surface area contributed by atoms with Crippen molar-refractivity contribution < 1.29 is 18.0 Å². The number of nitrogens with zero attached hydrogens (tertiary/aromatic N) is 4. The Morgan fingerprint density at radius 2 is 2.09 bits per heavy atom. The summed E-state index contributed by atoms with van der Waals surface area (Å²) in [5.74, 6) is -0.570. The van der Waals surface area contributed by atoms with E-state index in [2.05, 4.69) is 25.9 Å². The second kappa shape index (κ2) is 4.83. The third-order valence-electron chi connectivity index (χ3n) is 3.17. The average Bonchev–Trinajstić information content (AvgIpc) is 3.06. The first kappa shape index (κ1) is 14.0. The van der Waals surface area contributed by atoms with Gasteiger partial charge in [-0.25, -0.2) is 0 Å². The van der Waals surface area contributed by atoms with Crippen LogP contribution in [-0.4, -0.2) is 31.1 Å². The van der Waals surface area contributed by atoms with Crippen molar-refractivity contribution in [2.45, 2.75) is 6.18 Å². The Morgan fingerprint density at radius 1 is 1.32 bits per heavy atom. The molecule has 1 amide bonds. The van der Waals surface area contributed by atoms with Gasteiger partial charge >= 0.3 is 6.18 Å². The van der Waals surface area contributed by atoms with Gasteiger partial charge in [0.15, 0.2) is 0 Å². The SMILES string of the molecule is Cn1c(C(=O)Nc2nn[nH]n2)cc2cc(C(F)(F)F)ccc21. The van der Waals surface area contributed by atoms with E-state index in [-0.39, 0.29) is 11.6 Å². The minimum Gasteiger partial charge on any atom is -0.340 e. The summed E-state index contributed by atoms with van der Waals surface area (Å²) in [6.07, 6.45) is -4.43. The number of hydrogen-bond donors (Lipinski definition) is 2. The number of carbonyl (C=O) groups excluding carboxylic acids is 1. The highest BCUT2D eigenvalue weighted by Gasteiger charge is 2.30. The molecule has 0 bridgehead atoms. The highest BCUT2D eigenvalue weighted by Crippen LogP contribution is 2.32. The number of aromatic amines is 1. The van der Waals surface area contributed by atoms with Gasteiger partial charge in [0.25, 0.3) is 11.9 Å². The number of tetrazole rings is 1. The van der Waals surface area contributed by atoms with Crippen molar-refractivity contribution in [2.24, 2.45) is 7.05 Å². The van der Waals surface area contributed by atoms with Crippen molar-refractivity contribution in [1.82, 2.24) is 25.2 Å². The predicted octanol–water partition coefficient (Wildman–Crippen LogP) is 1.96. The molecule has 0 aliphatic rings. The molecule has 0 radical (unpaired) electrons. The first-order chi connectivity index (χ1) is 10.4. The maximum Gasteiger partial charge on any atom is 0.416 e. The molecule has 0 saturated heterocycles. The number of amides is 1. The molecule has 0 fully saturated rings. The molecule has 0 aliphatic carbocycles. The van der Waals surface area contributed by atoms with Crippen LogP contribution in [0.4, 0.5) is 19.1 Å². The lowest BCUT2D eigenvalue weighted by atomic mass is 10.1. The lowest BCUT2D eigenvalue weighted by Gasteiger charge is -2.06. The maximum absolute atomic E-state index is 12.7. The molecule has 2 N–H and O–H groups in total. The molecule has 3 aromatic rings. The molecule has 10 heteroatoms. The van der Waals surface area contributed by atoms with Crippen LogP contribution in [-0.2, 0) is 13.2 Å². The molecule has 0 atom stereocenters. The number of H-pyrrole nitrogens is 1. The van der Waals surface area contributed by atoms with E-state index >= 15 is 0 Å². The summed E-state index contributed by atoms with van der Waals surface area (Å²) >= 11 is 0. The number of fused-ring (bicyclic) bond motifs is 1. The molecule has 1 aromatic carbocycles. The van der Waals surface area contributed by atoms with E-state index in [1.54, 1.807) is 7.05 Å². The summed E-state index contributed by atoms with van der Waals surface area (Å²) in [5.41, 5.74) is -0.0823. The molecule has 2 aromatic heterocycles. The van der Waals surface area contributed by atoms with Crippen LogP contribution >= 0.6 is 0 Å². The zero-order valence-electron chi connectivity index (χ0n) is 11.1. The highest BCUT2D eigenvalue weighted by atomic mass is 19.4. The summed E-state index contributed by atoms with van der Waals surface area (Å²) in [6.45, 7) is 0. The maximum atomic E-state index is 12.7. The molecule has 3 rings (SSSR count). The molecule has 0 aliphatic heterocycles. The smallest absolute Gasteiger partial charge is 0.340 e. The van der Waals surface area contributed by atoms with Gasteiger partial charge in [0.2, 0.25) is 0 Å². The number of rotatable bonds is 2. The fraction of sp³-hybridized carbons (Fsp3) is 0.167. The van der Waals surface area contributed by atoms with E-state index < -0.39 is 17.6 Å². The third kappa shape index (κ3) is 2.38. The first-order valence-electron chi connectivity index (χ1n) is 6.08. The van der Waals surface area contributed by atoms with Crippen LogP contribution in [0.2, 0.25) is 0 Å². The number of benzene rings is 1. The Bertz CT molecular complexity index is 837. The van der Waals surface area contributed by atoms with E-state index in [9.17, 15) is 18.0 Å². The molecule has 0 unspecified atom stereocenters. The molecule has 0 spiro atoms. The van der Waals surface area contributed by atoms with Gasteiger partial charge in [-0.3, -0.25) is 10.1 Å². The second-order valence-corrected chi connectivity index (χ2v) is 4.55. The van der Waals surface area contributed by atoms with Crippen LogP contribution in [0.3, 0.4) is 0 Å². The van der Waals surface area contributed by atoms with Gasteiger partial charge in [-0.15, -0.1) is 5.10 Å². The Kier molecular flexibility index (Phi) is 3.08. The number of nitrogens with one attached hydrogen (secondary N) is 2. The summed E-state index contributed by atoms with van der Waals surface area (Å²) in [6, 6.07) is 4.67. The summed E-state index contributed by atoms with van der Waals surface area (Å²) in [7, 11) is 1.58. The highest BCUT2D eigenvalue weighted by molar-refractivity contribution is 6.05. The van der Waals surface area contributed by atoms with Crippen LogP contribution in [0.1, 0.15) is 16.1 Å². The largest absolute Gasteiger partial charge is 0.416 e. The molecular formula is C12H9F3N6O. The van der Waals surface area contributed by atoms with Crippen molar-refractivity contribution in [3.63, 3.8) is 0 Å². The van der Waals surface area contributed by atoms with Gasteiger partial charge in [0, 0.05) is 18.0 Å². The van der Waals surface area contributed by atoms with Crippen LogP contribution in [0.5, 0.6) is 0 Å². The number of anilines is 1. The molecular weight excluding hydrogens is 301 g/mol.